The van der Waals surface area contributed by atoms with Gasteiger partial charge in [-0.25, -0.2) is 9.59 Å². The van der Waals surface area contributed by atoms with Gasteiger partial charge < -0.3 is 20.1 Å². The molecular weight excluding hydrogens is 276 g/mol. The smallest absolute Gasteiger partial charge is 0.335 e. The monoisotopic (exact) mass is 288 g/mol. The van der Waals surface area contributed by atoms with Crippen LogP contribution in [0.1, 0.15) is 26.3 Å². The van der Waals surface area contributed by atoms with Gasteiger partial charge in [0.2, 0.25) is 0 Å². The fourth-order valence-corrected chi connectivity index (χ4v) is 1.69. The summed E-state index contributed by atoms with van der Waals surface area (Å²) in [4.78, 5) is 21.9. The first-order chi connectivity index (χ1) is 9.95. The molecule has 0 saturated carbocycles. The summed E-state index contributed by atoms with van der Waals surface area (Å²) in [5.41, 5.74) is 0.441. The minimum absolute atomic E-state index is 0.125. The maximum absolute atomic E-state index is 11.0. The lowest BCUT2D eigenvalue weighted by molar-refractivity contribution is 0.0696. The molecule has 0 aliphatic rings. The molecule has 2 aromatic rings. The van der Waals surface area contributed by atoms with Crippen LogP contribution in [0.25, 0.3) is 0 Å². The van der Waals surface area contributed by atoms with Crippen molar-refractivity contribution in [2.24, 2.45) is 0 Å². The van der Waals surface area contributed by atoms with Gasteiger partial charge in [0.25, 0.3) is 0 Å². The molecule has 0 bridgehead atoms. The molecular formula is C15H12O6. The summed E-state index contributed by atoms with van der Waals surface area (Å²) in [6.45, 7) is 0.127. The van der Waals surface area contributed by atoms with Gasteiger partial charge in [-0.05, 0) is 35.9 Å². The maximum Gasteiger partial charge on any atom is 0.335 e. The van der Waals surface area contributed by atoms with Crippen LogP contribution >= 0.6 is 0 Å². The highest BCUT2D eigenvalue weighted by Crippen LogP contribution is 2.19. The molecule has 21 heavy (non-hydrogen) atoms. The molecule has 0 spiro atoms. The minimum atomic E-state index is -1.23. The first-order valence-corrected chi connectivity index (χ1v) is 5.98. The Morgan fingerprint density at radius 3 is 1.90 bits per heavy atom. The highest BCUT2D eigenvalue weighted by atomic mass is 16.5. The molecule has 0 aromatic heterocycles. The van der Waals surface area contributed by atoms with E-state index in [-0.39, 0.29) is 29.2 Å². The third kappa shape index (κ3) is 3.73. The zero-order chi connectivity index (χ0) is 15.4. The highest BCUT2D eigenvalue weighted by molar-refractivity contribution is 5.94. The molecule has 0 unspecified atom stereocenters. The number of aromatic carboxylic acids is 2. The predicted octanol–water partition coefficient (Wildman–Crippen LogP) is 2.37. The first kappa shape index (κ1) is 14.4. The number of benzene rings is 2. The van der Waals surface area contributed by atoms with E-state index >= 15 is 0 Å². The summed E-state index contributed by atoms with van der Waals surface area (Å²) in [7, 11) is 0. The lowest BCUT2D eigenvalue weighted by Gasteiger charge is -2.08. The van der Waals surface area contributed by atoms with Crippen molar-refractivity contribution < 1.29 is 29.6 Å². The van der Waals surface area contributed by atoms with E-state index in [1.54, 1.807) is 12.1 Å². The van der Waals surface area contributed by atoms with Crippen molar-refractivity contribution in [2.45, 2.75) is 6.61 Å². The normalized spacial score (nSPS) is 10.1. The van der Waals surface area contributed by atoms with Crippen LogP contribution in [0, 0.1) is 0 Å². The van der Waals surface area contributed by atoms with Crippen LogP contribution in [0.4, 0.5) is 0 Å². The molecule has 6 heteroatoms. The van der Waals surface area contributed by atoms with E-state index in [2.05, 4.69) is 0 Å². The van der Waals surface area contributed by atoms with Crippen LogP contribution in [-0.2, 0) is 6.61 Å². The third-order valence-corrected chi connectivity index (χ3v) is 2.74. The van der Waals surface area contributed by atoms with Gasteiger partial charge in [-0.1, -0.05) is 12.1 Å². The largest absolute Gasteiger partial charge is 0.508 e. The summed E-state index contributed by atoms with van der Waals surface area (Å²) in [5, 5.41) is 27.1. The summed E-state index contributed by atoms with van der Waals surface area (Å²) in [5.74, 6) is -2.18. The molecule has 0 saturated heterocycles. The molecule has 0 aliphatic heterocycles. The Bertz CT molecular complexity index is 643. The van der Waals surface area contributed by atoms with Crippen LogP contribution in [0.5, 0.6) is 11.5 Å². The lowest BCUT2D eigenvalue weighted by Crippen LogP contribution is -2.04. The van der Waals surface area contributed by atoms with Gasteiger partial charge in [0, 0.05) is 0 Å². The highest BCUT2D eigenvalue weighted by Gasteiger charge is 2.12. The molecule has 0 amide bonds. The fraction of sp³-hybridized carbons (Fsp3) is 0.0667. The van der Waals surface area contributed by atoms with Crippen molar-refractivity contribution in [1.29, 1.82) is 0 Å². The average molecular weight is 288 g/mol. The summed E-state index contributed by atoms with van der Waals surface area (Å²) >= 11 is 0. The van der Waals surface area contributed by atoms with E-state index < -0.39 is 11.9 Å². The summed E-state index contributed by atoms with van der Waals surface area (Å²) in [6.07, 6.45) is 0. The van der Waals surface area contributed by atoms with Crippen molar-refractivity contribution in [3.63, 3.8) is 0 Å². The Morgan fingerprint density at radius 2 is 1.43 bits per heavy atom. The Kier molecular flexibility index (Phi) is 4.08. The van der Waals surface area contributed by atoms with Crippen molar-refractivity contribution in [1.82, 2.24) is 0 Å². The zero-order valence-corrected chi connectivity index (χ0v) is 10.8. The van der Waals surface area contributed by atoms with E-state index in [1.807, 2.05) is 0 Å². The van der Waals surface area contributed by atoms with E-state index in [1.165, 1.54) is 24.3 Å². The van der Waals surface area contributed by atoms with Gasteiger partial charge in [-0.3, -0.25) is 0 Å². The van der Waals surface area contributed by atoms with Crippen molar-refractivity contribution in [2.75, 3.05) is 0 Å². The number of aromatic hydroxyl groups is 1. The topological polar surface area (TPSA) is 104 Å². The number of carbonyl (C=O) groups is 2. The molecule has 6 nitrogen and oxygen atoms in total. The maximum atomic E-state index is 11.0. The first-order valence-electron chi connectivity index (χ1n) is 5.98. The second-order valence-corrected chi connectivity index (χ2v) is 4.31. The van der Waals surface area contributed by atoms with Crippen molar-refractivity contribution in [3.8, 4) is 11.5 Å². The molecule has 0 heterocycles. The molecule has 0 aliphatic carbocycles. The van der Waals surface area contributed by atoms with Crippen LogP contribution in [-0.4, -0.2) is 27.3 Å². The summed E-state index contributed by atoms with van der Waals surface area (Å²) < 4.78 is 5.41. The number of rotatable bonds is 5. The molecule has 0 fully saturated rings. The van der Waals surface area contributed by atoms with E-state index in [4.69, 9.17) is 20.1 Å². The lowest BCUT2D eigenvalue weighted by atomic mass is 10.1. The zero-order valence-electron chi connectivity index (χ0n) is 10.8. The molecule has 3 N–H and O–H groups in total. The van der Waals surface area contributed by atoms with Crippen LogP contribution in [0.15, 0.2) is 42.5 Å². The fourth-order valence-electron chi connectivity index (χ4n) is 1.69. The van der Waals surface area contributed by atoms with Gasteiger partial charge in [0.15, 0.2) is 0 Å². The number of carboxylic acids is 2. The second kappa shape index (κ2) is 5.96. The average Bonchev–Trinajstić information content (AvgIpc) is 2.46. The number of phenolic OH excluding ortho intramolecular Hbond substituents is 1. The second-order valence-electron chi connectivity index (χ2n) is 4.31. The predicted molar refractivity (Wildman–Crippen MR) is 72.8 cm³/mol. The van der Waals surface area contributed by atoms with Crippen LogP contribution < -0.4 is 4.74 Å². The quantitative estimate of drug-likeness (QED) is 0.780. The van der Waals surface area contributed by atoms with E-state index in [0.717, 1.165) is 11.6 Å². The molecule has 0 radical (unpaired) electrons. The van der Waals surface area contributed by atoms with E-state index in [0.29, 0.717) is 0 Å². The molecule has 2 rings (SSSR count). The molecule has 0 atom stereocenters. The number of carboxylic acid groups (broad SMARTS) is 2. The number of phenols is 1. The van der Waals surface area contributed by atoms with Crippen molar-refractivity contribution >= 4 is 11.9 Å². The molecule has 108 valence electrons. The minimum Gasteiger partial charge on any atom is -0.508 e. The standard InChI is InChI=1S/C15H12O6/c16-12-3-1-9(2-4-12)8-21-13-6-10(14(17)18)5-11(7-13)15(19)20/h1-7,16H,8H2,(H,17,18)(H,19,20). The SMILES string of the molecule is O=C(O)c1cc(OCc2ccc(O)cc2)cc(C(=O)O)c1. The number of hydrogen-bond acceptors (Lipinski definition) is 4. The van der Waals surface area contributed by atoms with Gasteiger partial charge in [-0.2, -0.15) is 0 Å². The Morgan fingerprint density at radius 1 is 0.905 bits per heavy atom. The number of hydrogen-bond donors (Lipinski definition) is 3. The van der Waals surface area contributed by atoms with Gasteiger partial charge >= 0.3 is 11.9 Å². The van der Waals surface area contributed by atoms with Crippen LogP contribution in [0.3, 0.4) is 0 Å². The van der Waals surface area contributed by atoms with Gasteiger partial charge in [0.05, 0.1) is 11.1 Å². The van der Waals surface area contributed by atoms with Gasteiger partial charge in [0.1, 0.15) is 18.1 Å². The third-order valence-electron chi connectivity index (χ3n) is 2.74. The van der Waals surface area contributed by atoms with Crippen molar-refractivity contribution in [3.05, 3.63) is 59.2 Å². The van der Waals surface area contributed by atoms with Crippen LogP contribution in [0.2, 0.25) is 0 Å². The number of ether oxygens (including phenoxy) is 1. The Balaban J connectivity index is 2.20. The summed E-state index contributed by atoms with van der Waals surface area (Å²) in [6, 6.07) is 9.87. The Labute approximate surface area is 119 Å². The van der Waals surface area contributed by atoms with E-state index in [9.17, 15) is 9.59 Å². The molecule has 2 aromatic carbocycles. The van der Waals surface area contributed by atoms with Gasteiger partial charge in [-0.15, -0.1) is 0 Å². The Hall–Kier alpha value is -3.02.